The number of ether oxygens (including phenoxy) is 1. The second-order valence-electron chi connectivity index (χ2n) is 3.93. The minimum Gasteiger partial charge on any atom is -0.494 e. The minimum atomic E-state index is 0.834. The topological polar surface area (TPSA) is 9.23 Å². The Morgan fingerprint density at radius 2 is 1.67 bits per heavy atom. The Morgan fingerprint density at radius 3 is 2.33 bits per heavy atom. The predicted molar refractivity (Wildman–Crippen MR) is 65.1 cm³/mol. The van der Waals surface area contributed by atoms with Crippen LogP contribution in [0.4, 0.5) is 0 Å². The maximum atomic E-state index is 5.63. The maximum Gasteiger partial charge on any atom is 0.119 e. The third-order valence-electron chi connectivity index (χ3n) is 2.43. The molecule has 1 aromatic rings. The number of aryl methyl sites for hydroxylation is 1. The van der Waals surface area contributed by atoms with Gasteiger partial charge < -0.3 is 4.74 Å². The van der Waals surface area contributed by atoms with E-state index in [2.05, 4.69) is 26.0 Å². The van der Waals surface area contributed by atoms with Crippen molar-refractivity contribution in [3.63, 3.8) is 0 Å². The van der Waals surface area contributed by atoms with Gasteiger partial charge in [0.25, 0.3) is 0 Å². The average molecular weight is 205 g/mol. The molecule has 0 bridgehead atoms. The second kappa shape index (κ2) is 7.33. The van der Waals surface area contributed by atoms with Crippen molar-refractivity contribution in [3.05, 3.63) is 36.8 Å². The first-order chi connectivity index (χ1) is 7.33. The van der Waals surface area contributed by atoms with Crippen LogP contribution in [0.3, 0.4) is 0 Å². The molecule has 0 saturated heterocycles. The van der Waals surface area contributed by atoms with Crippen LogP contribution in [0.5, 0.6) is 5.75 Å². The zero-order valence-corrected chi connectivity index (χ0v) is 9.67. The Kier molecular flexibility index (Phi) is 5.91. The number of hydrogen-bond donors (Lipinski definition) is 0. The van der Waals surface area contributed by atoms with Gasteiger partial charge in [-0.05, 0) is 25.5 Å². The average Bonchev–Trinajstić information content (AvgIpc) is 2.26. The van der Waals surface area contributed by atoms with Crippen molar-refractivity contribution in [2.75, 3.05) is 6.61 Å². The Balaban J connectivity index is 2.07. The lowest BCUT2D eigenvalue weighted by molar-refractivity contribution is 0.304. The van der Waals surface area contributed by atoms with E-state index in [1.165, 1.54) is 24.8 Å². The smallest absolute Gasteiger partial charge is 0.119 e. The number of benzene rings is 1. The summed E-state index contributed by atoms with van der Waals surface area (Å²) in [6.45, 7) is 6.75. The lowest BCUT2D eigenvalue weighted by atomic mass is 10.2. The fraction of sp³-hybridized carbons (Fsp3) is 0.500. The summed E-state index contributed by atoms with van der Waals surface area (Å²) >= 11 is 0. The van der Waals surface area contributed by atoms with Crippen molar-refractivity contribution in [2.24, 2.45) is 0 Å². The van der Waals surface area contributed by atoms with Gasteiger partial charge in [-0.15, -0.1) is 0 Å². The van der Waals surface area contributed by atoms with Gasteiger partial charge in [-0.1, -0.05) is 50.3 Å². The molecule has 1 aromatic carbocycles. The Bertz CT molecular complexity index is 251. The molecule has 0 heterocycles. The van der Waals surface area contributed by atoms with Crippen molar-refractivity contribution in [3.8, 4) is 5.75 Å². The standard InChI is InChI=1S/C14H21O/c1-3-4-5-6-7-12-15-14-10-8-13(2)9-11-14/h8-11H,1,3-7,12H2,2H3. The molecule has 0 amide bonds. The summed E-state index contributed by atoms with van der Waals surface area (Å²) in [5, 5.41) is 0. The van der Waals surface area contributed by atoms with E-state index in [0.29, 0.717) is 0 Å². The molecule has 0 saturated carbocycles. The lowest BCUT2D eigenvalue weighted by Crippen LogP contribution is -1.97. The second-order valence-corrected chi connectivity index (χ2v) is 3.93. The molecule has 0 atom stereocenters. The van der Waals surface area contributed by atoms with E-state index in [9.17, 15) is 0 Å². The van der Waals surface area contributed by atoms with E-state index in [1.54, 1.807) is 0 Å². The third kappa shape index (κ3) is 5.46. The largest absolute Gasteiger partial charge is 0.494 e. The van der Waals surface area contributed by atoms with Gasteiger partial charge in [0.1, 0.15) is 5.75 Å². The van der Waals surface area contributed by atoms with Crippen LogP contribution in [-0.2, 0) is 0 Å². The summed E-state index contributed by atoms with van der Waals surface area (Å²) in [4.78, 5) is 0. The lowest BCUT2D eigenvalue weighted by Gasteiger charge is -2.05. The molecule has 0 aliphatic rings. The maximum absolute atomic E-state index is 5.63. The van der Waals surface area contributed by atoms with E-state index in [1.807, 2.05) is 12.1 Å². The van der Waals surface area contributed by atoms with Crippen molar-refractivity contribution in [1.29, 1.82) is 0 Å². The summed E-state index contributed by atoms with van der Waals surface area (Å²) in [7, 11) is 0. The van der Waals surface area contributed by atoms with Gasteiger partial charge in [-0.3, -0.25) is 0 Å². The monoisotopic (exact) mass is 205 g/mol. The first-order valence-corrected chi connectivity index (χ1v) is 5.81. The van der Waals surface area contributed by atoms with E-state index in [0.717, 1.165) is 25.2 Å². The van der Waals surface area contributed by atoms with Crippen LogP contribution < -0.4 is 4.74 Å². The molecule has 1 nitrogen and oxygen atoms in total. The van der Waals surface area contributed by atoms with Gasteiger partial charge >= 0.3 is 0 Å². The van der Waals surface area contributed by atoms with Gasteiger partial charge in [0, 0.05) is 0 Å². The number of unbranched alkanes of at least 4 members (excludes halogenated alkanes) is 4. The molecule has 0 aliphatic heterocycles. The molecular formula is C14H21O. The van der Waals surface area contributed by atoms with Gasteiger partial charge in [0.15, 0.2) is 0 Å². The van der Waals surface area contributed by atoms with Crippen LogP contribution in [0.15, 0.2) is 24.3 Å². The Hall–Kier alpha value is -0.980. The molecule has 0 aromatic heterocycles. The summed E-state index contributed by atoms with van der Waals surface area (Å²) in [6, 6.07) is 8.23. The van der Waals surface area contributed by atoms with Gasteiger partial charge in [0.05, 0.1) is 6.61 Å². The van der Waals surface area contributed by atoms with Crippen LogP contribution in [0, 0.1) is 13.8 Å². The van der Waals surface area contributed by atoms with Crippen molar-refractivity contribution in [2.45, 2.75) is 39.0 Å². The highest BCUT2D eigenvalue weighted by atomic mass is 16.5. The fourth-order valence-corrected chi connectivity index (χ4v) is 1.46. The Labute approximate surface area is 93.5 Å². The normalized spacial score (nSPS) is 10.3. The fourth-order valence-electron chi connectivity index (χ4n) is 1.46. The minimum absolute atomic E-state index is 0.834. The molecule has 15 heavy (non-hydrogen) atoms. The highest BCUT2D eigenvalue weighted by molar-refractivity contribution is 5.26. The third-order valence-corrected chi connectivity index (χ3v) is 2.43. The predicted octanol–water partition coefficient (Wildman–Crippen LogP) is 4.16. The molecule has 1 rings (SSSR count). The first-order valence-electron chi connectivity index (χ1n) is 5.81. The SMILES string of the molecule is [CH2]CCCCCCOc1ccc(C)cc1. The highest BCUT2D eigenvalue weighted by Crippen LogP contribution is 2.12. The summed E-state index contributed by atoms with van der Waals surface area (Å²) in [5.74, 6) is 0.984. The number of rotatable bonds is 7. The first kappa shape index (κ1) is 12.1. The summed E-state index contributed by atoms with van der Waals surface area (Å²) in [6.07, 6.45) is 5.97. The van der Waals surface area contributed by atoms with Crippen molar-refractivity contribution < 1.29 is 4.74 Å². The van der Waals surface area contributed by atoms with Crippen LogP contribution >= 0.6 is 0 Å². The van der Waals surface area contributed by atoms with Crippen molar-refractivity contribution >= 4 is 0 Å². The molecule has 0 spiro atoms. The highest BCUT2D eigenvalue weighted by Gasteiger charge is 1.93. The van der Waals surface area contributed by atoms with E-state index in [4.69, 9.17) is 4.74 Å². The quantitative estimate of drug-likeness (QED) is 0.607. The summed E-state index contributed by atoms with van der Waals surface area (Å²) < 4.78 is 5.63. The molecule has 83 valence electrons. The zero-order chi connectivity index (χ0) is 10.9. The molecular weight excluding hydrogens is 184 g/mol. The van der Waals surface area contributed by atoms with Gasteiger partial charge in [0.2, 0.25) is 0 Å². The molecule has 0 aliphatic carbocycles. The van der Waals surface area contributed by atoms with Gasteiger partial charge in [-0.25, -0.2) is 0 Å². The van der Waals surface area contributed by atoms with Crippen molar-refractivity contribution in [1.82, 2.24) is 0 Å². The van der Waals surface area contributed by atoms with Crippen LogP contribution in [0.1, 0.15) is 37.7 Å². The zero-order valence-electron chi connectivity index (χ0n) is 9.67. The summed E-state index contributed by atoms with van der Waals surface area (Å²) in [5.41, 5.74) is 1.28. The van der Waals surface area contributed by atoms with Gasteiger partial charge in [-0.2, -0.15) is 0 Å². The number of hydrogen-bond acceptors (Lipinski definition) is 1. The molecule has 0 fully saturated rings. The Morgan fingerprint density at radius 1 is 1.00 bits per heavy atom. The molecule has 0 N–H and O–H groups in total. The molecule has 1 radical (unpaired) electrons. The van der Waals surface area contributed by atoms with Crippen LogP contribution in [0.25, 0.3) is 0 Å². The van der Waals surface area contributed by atoms with Crippen LogP contribution in [0.2, 0.25) is 0 Å². The molecule has 0 unspecified atom stereocenters. The van der Waals surface area contributed by atoms with E-state index in [-0.39, 0.29) is 0 Å². The van der Waals surface area contributed by atoms with E-state index >= 15 is 0 Å². The molecule has 1 heteroatoms. The van der Waals surface area contributed by atoms with E-state index < -0.39 is 0 Å². The van der Waals surface area contributed by atoms with Crippen LogP contribution in [-0.4, -0.2) is 6.61 Å².